The van der Waals surface area contributed by atoms with E-state index in [1.165, 1.54) is 0 Å². The van der Waals surface area contributed by atoms with Crippen LogP contribution in [0.4, 0.5) is 5.69 Å². The molecule has 32 heavy (non-hydrogen) atoms. The van der Waals surface area contributed by atoms with E-state index in [-0.39, 0.29) is 30.3 Å². The quantitative estimate of drug-likeness (QED) is 0.727. The zero-order chi connectivity index (χ0) is 23.0. The molecule has 2 heterocycles. The Balaban J connectivity index is 1.63. The summed E-state index contributed by atoms with van der Waals surface area (Å²) in [6.07, 6.45) is 0.818. The van der Waals surface area contributed by atoms with E-state index in [1.54, 1.807) is 45.0 Å². The van der Waals surface area contributed by atoms with E-state index in [2.05, 4.69) is 6.07 Å². The van der Waals surface area contributed by atoms with Crippen LogP contribution in [-0.2, 0) is 9.59 Å². The van der Waals surface area contributed by atoms with Gasteiger partial charge in [0.15, 0.2) is 0 Å². The second-order valence-electron chi connectivity index (χ2n) is 8.44. The fourth-order valence-corrected chi connectivity index (χ4v) is 4.85. The summed E-state index contributed by atoms with van der Waals surface area (Å²) in [6, 6.07) is 16.1. The smallest absolute Gasteiger partial charge is 0.258 e. The molecule has 2 atom stereocenters. The second-order valence-corrected chi connectivity index (χ2v) is 8.44. The Morgan fingerprint density at radius 2 is 1.88 bits per heavy atom. The van der Waals surface area contributed by atoms with Gasteiger partial charge in [0.1, 0.15) is 12.2 Å². The van der Waals surface area contributed by atoms with Crippen LogP contribution in [0.5, 0.6) is 0 Å². The summed E-state index contributed by atoms with van der Waals surface area (Å²) < 4.78 is 0. The van der Waals surface area contributed by atoms with Crippen molar-refractivity contribution >= 4 is 23.4 Å². The lowest BCUT2D eigenvalue weighted by atomic mass is 9.98. The lowest BCUT2D eigenvalue weighted by Gasteiger charge is -2.48. The SMILES string of the molecule is CCN(C(=O)CN1C(=O)c2ccccc2N2C(=O)CCC12C)C(C)c1ccc(C#N)cc1. The largest absolute Gasteiger partial charge is 0.335 e. The maximum atomic E-state index is 13.4. The van der Waals surface area contributed by atoms with Crippen molar-refractivity contribution in [1.29, 1.82) is 5.26 Å². The van der Waals surface area contributed by atoms with Gasteiger partial charge < -0.3 is 9.80 Å². The van der Waals surface area contributed by atoms with Crippen molar-refractivity contribution < 1.29 is 14.4 Å². The summed E-state index contributed by atoms with van der Waals surface area (Å²) in [7, 11) is 0. The molecular weight excluding hydrogens is 404 g/mol. The number of likely N-dealkylation sites (N-methyl/N-ethyl adjacent to an activating group) is 1. The highest BCUT2D eigenvalue weighted by molar-refractivity contribution is 6.11. The summed E-state index contributed by atoms with van der Waals surface area (Å²) >= 11 is 0. The third kappa shape index (κ3) is 3.32. The Labute approximate surface area is 187 Å². The fraction of sp³-hybridized carbons (Fsp3) is 0.360. The Morgan fingerprint density at radius 1 is 1.19 bits per heavy atom. The predicted octanol–water partition coefficient (Wildman–Crippen LogP) is 3.47. The standard InChI is InChI=1S/C25H26N4O3/c1-4-27(17(2)19-11-9-18(15-26)10-12-19)23(31)16-28-24(32)20-7-5-6-8-21(20)29-22(30)13-14-25(28,29)3/h5-12,17H,4,13-14,16H2,1-3H3. The zero-order valence-electron chi connectivity index (χ0n) is 18.5. The minimum Gasteiger partial charge on any atom is -0.335 e. The first-order chi connectivity index (χ1) is 15.3. The van der Waals surface area contributed by atoms with Crippen molar-refractivity contribution in [2.75, 3.05) is 18.0 Å². The molecule has 2 unspecified atom stereocenters. The summed E-state index contributed by atoms with van der Waals surface area (Å²) in [5, 5.41) is 9.03. The Morgan fingerprint density at radius 3 is 2.53 bits per heavy atom. The minimum absolute atomic E-state index is 0.0387. The Hall–Kier alpha value is -3.66. The average molecular weight is 431 g/mol. The molecule has 4 rings (SSSR count). The lowest BCUT2D eigenvalue weighted by molar-refractivity contribution is -0.135. The maximum Gasteiger partial charge on any atom is 0.258 e. The normalized spacial score (nSPS) is 20.4. The molecule has 0 saturated carbocycles. The minimum atomic E-state index is -0.866. The number of carbonyl (C=O) groups excluding carboxylic acids is 3. The van der Waals surface area contributed by atoms with Crippen LogP contribution in [0.1, 0.15) is 61.1 Å². The number of hydrogen-bond donors (Lipinski definition) is 0. The van der Waals surface area contributed by atoms with E-state index in [0.717, 1.165) is 5.56 Å². The number of rotatable bonds is 5. The van der Waals surface area contributed by atoms with E-state index >= 15 is 0 Å². The highest BCUT2D eigenvalue weighted by atomic mass is 16.2. The Bertz CT molecular complexity index is 1120. The molecule has 3 amide bonds. The first kappa shape index (κ1) is 21.6. The molecule has 2 aromatic rings. The second kappa shape index (κ2) is 8.12. The van der Waals surface area contributed by atoms with Crippen molar-refractivity contribution in [1.82, 2.24) is 9.80 Å². The fourth-order valence-electron chi connectivity index (χ4n) is 4.85. The third-order valence-corrected chi connectivity index (χ3v) is 6.69. The summed E-state index contributed by atoms with van der Waals surface area (Å²) in [5.74, 6) is -0.453. The monoisotopic (exact) mass is 430 g/mol. The van der Waals surface area contributed by atoms with Crippen molar-refractivity contribution in [3.05, 3.63) is 65.2 Å². The number of nitrogens with zero attached hydrogens (tertiary/aromatic N) is 4. The van der Waals surface area contributed by atoms with Crippen LogP contribution in [0, 0.1) is 11.3 Å². The van der Waals surface area contributed by atoms with Gasteiger partial charge in [-0.2, -0.15) is 5.26 Å². The molecule has 164 valence electrons. The molecule has 2 aromatic carbocycles. The van der Waals surface area contributed by atoms with Gasteiger partial charge in [-0.15, -0.1) is 0 Å². The van der Waals surface area contributed by atoms with Crippen LogP contribution < -0.4 is 4.90 Å². The lowest BCUT2D eigenvalue weighted by Crippen LogP contribution is -2.64. The molecule has 0 radical (unpaired) electrons. The van der Waals surface area contributed by atoms with Gasteiger partial charge in [0.05, 0.1) is 28.9 Å². The number of amides is 3. The number of benzene rings is 2. The van der Waals surface area contributed by atoms with E-state index in [9.17, 15) is 14.4 Å². The van der Waals surface area contributed by atoms with Gasteiger partial charge in [-0.05, 0) is 57.0 Å². The van der Waals surface area contributed by atoms with Gasteiger partial charge in [0.25, 0.3) is 5.91 Å². The van der Waals surface area contributed by atoms with Gasteiger partial charge in [-0.3, -0.25) is 19.3 Å². The van der Waals surface area contributed by atoms with Crippen molar-refractivity contribution in [3.63, 3.8) is 0 Å². The first-order valence-electron chi connectivity index (χ1n) is 10.9. The average Bonchev–Trinajstić information content (AvgIpc) is 3.12. The number of hydrogen-bond acceptors (Lipinski definition) is 4. The molecule has 1 fully saturated rings. The molecule has 1 saturated heterocycles. The molecular formula is C25H26N4O3. The van der Waals surface area contributed by atoms with E-state index in [1.807, 2.05) is 39.0 Å². The number of carbonyl (C=O) groups is 3. The summed E-state index contributed by atoms with van der Waals surface area (Å²) in [6.45, 7) is 6.06. The van der Waals surface area contributed by atoms with Gasteiger partial charge in [0, 0.05) is 13.0 Å². The molecule has 2 aliphatic rings. The third-order valence-electron chi connectivity index (χ3n) is 6.69. The van der Waals surface area contributed by atoms with Crippen LogP contribution in [0.25, 0.3) is 0 Å². The van der Waals surface area contributed by atoms with Crippen LogP contribution in [0.15, 0.2) is 48.5 Å². The van der Waals surface area contributed by atoms with Crippen LogP contribution in [0.2, 0.25) is 0 Å². The molecule has 0 aliphatic carbocycles. The van der Waals surface area contributed by atoms with Crippen LogP contribution in [-0.4, -0.2) is 46.3 Å². The number of fused-ring (bicyclic) bond motifs is 3. The molecule has 7 heteroatoms. The molecule has 0 aromatic heterocycles. The van der Waals surface area contributed by atoms with Crippen LogP contribution in [0.3, 0.4) is 0 Å². The van der Waals surface area contributed by atoms with Gasteiger partial charge in [-0.1, -0.05) is 24.3 Å². The van der Waals surface area contributed by atoms with Crippen molar-refractivity contribution in [3.8, 4) is 6.07 Å². The van der Waals surface area contributed by atoms with E-state index in [4.69, 9.17) is 5.26 Å². The molecule has 7 nitrogen and oxygen atoms in total. The van der Waals surface area contributed by atoms with Gasteiger partial charge >= 0.3 is 0 Å². The molecule has 2 aliphatic heterocycles. The summed E-state index contributed by atoms with van der Waals surface area (Å²) in [5.41, 5.74) is 1.67. The number of nitriles is 1. The highest BCUT2D eigenvalue weighted by Crippen LogP contribution is 2.44. The van der Waals surface area contributed by atoms with E-state index in [0.29, 0.717) is 36.2 Å². The first-order valence-corrected chi connectivity index (χ1v) is 10.9. The molecule has 0 N–H and O–H groups in total. The van der Waals surface area contributed by atoms with Gasteiger partial charge in [0.2, 0.25) is 11.8 Å². The Kier molecular flexibility index (Phi) is 5.47. The van der Waals surface area contributed by atoms with E-state index < -0.39 is 5.66 Å². The summed E-state index contributed by atoms with van der Waals surface area (Å²) in [4.78, 5) is 44.5. The maximum absolute atomic E-state index is 13.4. The van der Waals surface area contributed by atoms with Crippen molar-refractivity contribution in [2.24, 2.45) is 0 Å². The topological polar surface area (TPSA) is 84.7 Å². The number of anilines is 1. The highest BCUT2D eigenvalue weighted by Gasteiger charge is 2.53. The van der Waals surface area contributed by atoms with Crippen LogP contribution >= 0.6 is 0 Å². The number of para-hydroxylation sites is 1. The van der Waals surface area contributed by atoms with Gasteiger partial charge in [-0.25, -0.2) is 0 Å². The molecule has 0 bridgehead atoms. The zero-order valence-corrected chi connectivity index (χ0v) is 18.5. The predicted molar refractivity (Wildman–Crippen MR) is 120 cm³/mol. The van der Waals surface area contributed by atoms with Crippen molar-refractivity contribution in [2.45, 2.75) is 45.3 Å². The molecule has 0 spiro atoms.